The fraction of sp³-hybridized carbons (Fsp3) is 0.0526. The average molecular weight is 337 g/mol. The molecule has 0 fully saturated rings. The molecular formula is C19H15NO3S. The Morgan fingerprint density at radius 1 is 0.917 bits per heavy atom. The molecule has 1 aromatic heterocycles. The van der Waals surface area contributed by atoms with E-state index < -0.39 is 0 Å². The Bertz CT molecular complexity index is 820. The third kappa shape index (κ3) is 4.14. The molecule has 0 amide bonds. The number of benzene rings is 2. The number of rotatable bonds is 6. The molecule has 0 radical (unpaired) electrons. The van der Waals surface area contributed by atoms with Gasteiger partial charge in [-0.25, -0.2) is 0 Å². The van der Waals surface area contributed by atoms with E-state index in [1.807, 2.05) is 30.3 Å². The van der Waals surface area contributed by atoms with Crippen LogP contribution in [-0.2, 0) is 0 Å². The highest BCUT2D eigenvalue weighted by Crippen LogP contribution is 2.22. The lowest BCUT2D eigenvalue weighted by molar-refractivity contribution is -0.645. The maximum atomic E-state index is 12.2. The quantitative estimate of drug-likeness (QED) is 0.294. The molecule has 0 aliphatic heterocycles. The molecule has 24 heavy (non-hydrogen) atoms. The number of aromatic nitrogens is 1. The maximum Gasteiger partial charge on any atom is 0.251 e. The number of ether oxygens (including phenoxy) is 1. The zero-order valence-electron chi connectivity index (χ0n) is 12.8. The van der Waals surface area contributed by atoms with Crippen LogP contribution in [0.5, 0.6) is 11.5 Å². The summed E-state index contributed by atoms with van der Waals surface area (Å²) in [6.07, 6.45) is 1.42. The molecule has 0 aliphatic carbocycles. The van der Waals surface area contributed by atoms with Gasteiger partial charge in [-0.2, -0.15) is 4.73 Å². The summed E-state index contributed by atoms with van der Waals surface area (Å²) in [4.78, 5) is 12.2. The van der Waals surface area contributed by atoms with Gasteiger partial charge in [0.25, 0.3) is 5.03 Å². The highest BCUT2D eigenvalue weighted by atomic mass is 32.2. The summed E-state index contributed by atoms with van der Waals surface area (Å²) in [6.45, 7) is 0. The van der Waals surface area contributed by atoms with Crippen molar-refractivity contribution in [2.45, 2.75) is 5.03 Å². The van der Waals surface area contributed by atoms with Gasteiger partial charge in [0, 0.05) is 17.7 Å². The second kappa shape index (κ2) is 7.66. The topological polar surface area (TPSA) is 53.2 Å². The van der Waals surface area contributed by atoms with Crippen LogP contribution in [0.4, 0.5) is 0 Å². The van der Waals surface area contributed by atoms with Crippen molar-refractivity contribution in [2.24, 2.45) is 0 Å². The molecule has 0 aliphatic rings. The SMILES string of the molecule is O=C(CSc1cccc[n+]1[O-])c1ccc(Oc2ccccc2)cc1. The van der Waals surface area contributed by atoms with Gasteiger partial charge >= 0.3 is 0 Å². The van der Waals surface area contributed by atoms with E-state index in [0.29, 0.717) is 16.3 Å². The van der Waals surface area contributed by atoms with Gasteiger partial charge in [0.05, 0.1) is 5.75 Å². The second-order valence-electron chi connectivity index (χ2n) is 5.02. The van der Waals surface area contributed by atoms with Crippen molar-refractivity contribution in [3.8, 4) is 11.5 Å². The highest BCUT2D eigenvalue weighted by Gasteiger charge is 2.11. The number of pyridine rings is 1. The smallest absolute Gasteiger partial charge is 0.251 e. The van der Waals surface area contributed by atoms with Gasteiger partial charge in [0.1, 0.15) is 11.5 Å². The van der Waals surface area contributed by atoms with E-state index in [0.717, 1.165) is 10.5 Å². The number of ketones is 1. The predicted molar refractivity (Wildman–Crippen MR) is 93.4 cm³/mol. The number of Topliss-reactive ketones (excluding diaryl/α,β-unsaturated/α-hetero) is 1. The summed E-state index contributed by atoms with van der Waals surface area (Å²) >= 11 is 1.23. The summed E-state index contributed by atoms with van der Waals surface area (Å²) in [5, 5.41) is 12.1. The predicted octanol–water partition coefficient (Wildman–Crippen LogP) is 4.09. The lowest BCUT2D eigenvalue weighted by atomic mass is 10.1. The van der Waals surface area contributed by atoms with Crippen molar-refractivity contribution >= 4 is 17.5 Å². The molecule has 0 N–H and O–H groups in total. The Kier molecular flexibility index (Phi) is 5.13. The maximum absolute atomic E-state index is 12.2. The molecule has 1 heterocycles. The molecule has 0 bridgehead atoms. The lowest BCUT2D eigenvalue weighted by Crippen LogP contribution is -2.28. The van der Waals surface area contributed by atoms with Crippen LogP contribution in [0.25, 0.3) is 0 Å². The van der Waals surface area contributed by atoms with Crippen molar-refractivity contribution in [3.05, 3.63) is 89.8 Å². The van der Waals surface area contributed by atoms with Crippen molar-refractivity contribution in [2.75, 3.05) is 5.75 Å². The average Bonchev–Trinajstić information content (AvgIpc) is 2.62. The first-order valence-electron chi connectivity index (χ1n) is 7.39. The molecule has 5 heteroatoms. The number of carbonyl (C=O) groups excluding carboxylic acids is 1. The molecule has 0 atom stereocenters. The molecule has 3 rings (SSSR count). The van der Waals surface area contributed by atoms with Crippen LogP contribution in [0.2, 0.25) is 0 Å². The first-order valence-corrected chi connectivity index (χ1v) is 8.38. The van der Waals surface area contributed by atoms with Crippen LogP contribution in [0, 0.1) is 5.21 Å². The van der Waals surface area contributed by atoms with Gasteiger partial charge in [-0.3, -0.25) is 4.79 Å². The first kappa shape index (κ1) is 16.1. The van der Waals surface area contributed by atoms with Crippen LogP contribution < -0.4 is 9.47 Å². The number of carbonyl (C=O) groups is 1. The number of thioether (sulfide) groups is 1. The minimum Gasteiger partial charge on any atom is -0.618 e. The normalized spacial score (nSPS) is 10.3. The Balaban J connectivity index is 1.61. The number of nitrogens with zero attached hydrogens (tertiary/aromatic N) is 1. The van der Waals surface area contributed by atoms with Crippen LogP contribution in [0.1, 0.15) is 10.4 Å². The molecule has 3 aromatic rings. The minimum absolute atomic E-state index is 0.0323. The van der Waals surface area contributed by atoms with E-state index in [1.54, 1.807) is 42.5 Å². The van der Waals surface area contributed by atoms with Gasteiger partial charge in [-0.15, -0.1) is 0 Å². The number of hydrogen-bond donors (Lipinski definition) is 0. The van der Waals surface area contributed by atoms with Crippen LogP contribution in [-0.4, -0.2) is 11.5 Å². The summed E-state index contributed by atoms with van der Waals surface area (Å²) in [5.74, 6) is 1.60. The Morgan fingerprint density at radius 3 is 2.29 bits per heavy atom. The molecule has 0 saturated carbocycles. The van der Waals surface area contributed by atoms with Gasteiger partial charge in [-0.1, -0.05) is 18.2 Å². The lowest BCUT2D eigenvalue weighted by Gasteiger charge is -2.06. The highest BCUT2D eigenvalue weighted by molar-refractivity contribution is 7.99. The molecule has 4 nitrogen and oxygen atoms in total. The third-order valence-corrected chi connectivity index (χ3v) is 4.31. The van der Waals surface area contributed by atoms with E-state index in [9.17, 15) is 10.0 Å². The summed E-state index contributed by atoms with van der Waals surface area (Å²) in [6, 6.07) is 21.6. The molecular weight excluding hydrogens is 322 g/mol. The van der Waals surface area contributed by atoms with Gasteiger partial charge < -0.3 is 9.94 Å². The van der Waals surface area contributed by atoms with Crippen LogP contribution in [0.3, 0.4) is 0 Å². The largest absolute Gasteiger partial charge is 0.618 e. The van der Waals surface area contributed by atoms with Crippen LogP contribution in [0.15, 0.2) is 84.0 Å². The molecule has 0 spiro atoms. The fourth-order valence-electron chi connectivity index (χ4n) is 2.08. The monoisotopic (exact) mass is 337 g/mol. The summed E-state index contributed by atoms with van der Waals surface area (Å²) in [7, 11) is 0. The van der Waals surface area contributed by atoms with Crippen molar-refractivity contribution < 1.29 is 14.3 Å². The van der Waals surface area contributed by atoms with Crippen LogP contribution >= 0.6 is 11.8 Å². The second-order valence-corrected chi connectivity index (χ2v) is 6.01. The van der Waals surface area contributed by atoms with Gasteiger partial charge in [0.15, 0.2) is 12.0 Å². The zero-order chi connectivity index (χ0) is 16.8. The Labute approximate surface area is 144 Å². The summed E-state index contributed by atoms with van der Waals surface area (Å²) in [5.41, 5.74) is 0.594. The van der Waals surface area contributed by atoms with E-state index in [1.165, 1.54) is 18.0 Å². The first-order chi connectivity index (χ1) is 11.7. The fourth-order valence-corrected chi connectivity index (χ4v) is 2.89. The Morgan fingerprint density at radius 2 is 1.58 bits per heavy atom. The zero-order valence-corrected chi connectivity index (χ0v) is 13.6. The van der Waals surface area contributed by atoms with Crippen molar-refractivity contribution in [1.82, 2.24) is 0 Å². The molecule has 120 valence electrons. The molecule has 0 saturated heterocycles. The number of para-hydroxylation sites is 1. The van der Waals surface area contributed by atoms with E-state index in [2.05, 4.69) is 0 Å². The molecule has 2 aromatic carbocycles. The van der Waals surface area contributed by atoms with Gasteiger partial charge in [0.2, 0.25) is 0 Å². The third-order valence-electron chi connectivity index (χ3n) is 3.29. The minimum atomic E-state index is -0.0323. The standard InChI is InChI=1S/C19H15NO3S/c21-18(14-24-19-8-4-5-13-20(19)22)15-9-11-17(12-10-15)23-16-6-2-1-3-7-16/h1-13H,14H2. The van der Waals surface area contributed by atoms with E-state index in [4.69, 9.17) is 4.74 Å². The summed E-state index contributed by atoms with van der Waals surface area (Å²) < 4.78 is 6.46. The van der Waals surface area contributed by atoms with E-state index in [-0.39, 0.29) is 11.5 Å². The van der Waals surface area contributed by atoms with E-state index >= 15 is 0 Å². The van der Waals surface area contributed by atoms with Crippen molar-refractivity contribution in [1.29, 1.82) is 0 Å². The molecule has 0 unspecified atom stereocenters. The van der Waals surface area contributed by atoms with Crippen molar-refractivity contribution in [3.63, 3.8) is 0 Å². The van der Waals surface area contributed by atoms with Gasteiger partial charge in [-0.05, 0) is 54.2 Å². The Hall–Kier alpha value is -2.79. The number of hydrogen-bond acceptors (Lipinski definition) is 4.